The van der Waals surface area contributed by atoms with Crippen LogP contribution in [0.4, 0.5) is 0 Å². The minimum absolute atomic E-state index is 0.257. The van der Waals surface area contributed by atoms with E-state index in [0.717, 1.165) is 28.0 Å². The Labute approximate surface area is 282 Å². The summed E-state index contributed by atoms with van der Waals surface area (Å²) in [5, 5.41) is 0. The Morgan fingerprint density at radius 2 is 0.875 bits per heavy atom. The third-order valence-corrected chi connectivity index (χ3v) is 8.15. The van der Waals surface area contributed by atoms with Gasteiger partial charge in [0.15, 0.2) is 0 Å². The molecule has 5 aromatic carbocycles. The Bertz CT molecular complexity index is 1600. The van der Waals surface area contributed by atoms with E-state index >= 15 is 0 Å². The fourth-order valence-electron chi connectivity index (χ4n) is 5.63. The highest BCUT2D eigenvalue weighted by molar-refractivity contribution is 5.31. The molecule has 0 spiro atoms. The summed E-state index contributed by atoms with van der Waals surface area (Å²) in [6, 6.07) is 47.7. The van der Waals surface area contributed by atoms with E-state index in [0.29, 0.717) is 32.2 Å². The fraction of sp³-hybridized carbons (Fsp3) is 0.268. The van der Waals surface area contributed by atoms with Gasteiger partial charge in [-0.1, -0.05) is 121 Å². The van der Waals surface area contributed by atoms with E-state index in [2.05, 4.69) is 0 Å². The van der Waals surface area contributed by atoms with Gasteiger partial charge in [-0.05, 0) is 46.5 Å². The van der Waals surface area contributed by atoms with E-state index in [4.69, 9.17) is 33.2 Å². The Hall–Kier alpha value is -4.50. The van der Waals surface area contributed by atoms with E-state index in [1.807, 2.05) is 146 Å². The van der Waals surface area contributed by atoms with Crippen LogP contribution in [0.2, 0.25) is 0 Å². The van der Waals surface area contributed by atoms with Crippen LogP contribution in [-0.4, -0.2) is 44.4 Å². The average molecular weight is 647 g/mol. The fourth-order valence-corrected chi connectivity index (χ4v) is 5.63. The molecule has 0 saturated carbocycles. The normalized spacial score (nSPS) is 20.6. The number of hydrogen-bond donors (Lipinski definition) is 0. The lowest BCUT2D eigenvalue weighted by molar-refractivity contribution is -0.310. The molecule has 0 amide bonds. The minimum atomic E-state index is -0.829. The molecular formula is C41H42O7. The van der Waals surface area contributed by atoms with Gasteiger partial charge in [-0.2, -0.15) is 0 Å². The van der Waals surface area contributed by atoms with Gasteiger partial charge in [0.2, 0.25) is 6.29 Å². The zero-order valence-corrected chi connectivity index (χ0v) is 27.1. The van der Waals surface area contributed by atoms with Crippen LogP contribution in [0.5, 0.6) is 11.5 Å². The number of ether oxygens (including phenoxy) is 7. The van der Waals surface area contributed by atoms with Crippen molar-refractivity contribution in [1.29, 1.82) is 0 Å². The van der Waals surface area contributed by atoms with E-state index in [-0.39, 0.29) is 6.61 Å². The lowest BCUT2D eigenvalue weighted by atomic mass is 9.97. The van der Waals surface area contributed by atoms with Crippen molar-refractivity contribution in [3.63, 3.8) is 0 Å². The van der Waals surface area contributed by atoms with Gasteiger partial charge in [-0.25, -0.2) is 0 Å². The molecular weight excluding hydrogens is 604 g/mol. The summed E-state index contributed by atoms with van der Waals surface area (Å²) in [6.07, 6.45) is -3.12. The maximum Gasteiger partial charge on any atom is 0.229 e. The molecule has 0 bridgehead atoms. The van der Waals surface area contributed by atoms with Gasteiger partial charge in [-0.15, -0.1) is 0 Å². The maximum absolute atomic E-state index is 6.78. The summed E-state index contributed by atoms with van der Waals surface area (Å²) in [5.41, 5.74) is 4.18. The Balaban J connectivity index is 1.32. The predicted octanol–water partition coefficient (Wildman–Crippen LogP) is 7.77. The first kappa shape index (κ1) is 33.4. The van der Waals surface area contributed by atoms with Gasteiger partial charge in [0.05, 0.1) is 40.1 Å². The standard InChI is InChI=1S/C41H42O7/c1-42-35-22-24-36(25-23-35)47-41-40(46-29-34-20-12-5-13-21-34)39(45-28-33-18-10-4-11-19-33)38(44-27-32-16-8-3-9-17-32)37(48-41)30-43-26-31-14-6-2-7-15-31/h2-25,37-41H,26-30H2,1H3/t37-,38-,39-,40-,41-/m1/s1. The third-order valence-electron chi connectivity index (χ3n) is 8.15. The molecule has 0 unspecified atom stereocenters. The SMILES string of the molecule is COc1ccc(O[C@@H]2O[C@H](COCc3ccccc3)[C@@H](OCc3ccccc3)[C@@H](OCc3ccccc3)[C@H]2OCc2ccccc2)cc1. The quantitative estimate of drug-likeness (QED) is 0.109. The molecule has 7 nitrogen and oxygen atoms in total. The zero-order chi connectivity index (χ0) is 32.8. The van der Waals surface area contributed by atoms with Crippen molar-refractivity contribution >= 4 is 0 Å². The van der Waals surface area contributed by atoms with Gasteiger partial charge < -0.3 is 33.2 Å². The maximum atomic E-state index is 6.78. The Kier molecular flexibility index (Phi) is 12.2. The molecule has 0 aliphatic carbocycles. The Morgan fingerprint density at radius 1 is 0.458 bits per heavy atom. The summed E-state index contributed by atoms with van der Waals surface area (Å²) < 4.78 is 45.1. The van der Waals surface area contributed by atoms with E-state index < -0.39 is 30.7 Å². The number of rotatable bonds is 16. The van der Waals surface area contributed by atoms with Crippen molar-refractivity contribution in [2.24, 2.45) is 0 Å². The molecule has 6 rings (SSSR count). The summed E-state index contributed by atoms with van der Waals surface area (Å²) in [5.74, 6) is 1.35. The molecule has 1 saturated heterocycles. The highest BCUT2D eigenvalue weighted by Crippen LogP contribution is 2.33. The van der Waals surface area contributed by atoms with E-state index in [1.165, 1.54) is 0 Å². The molecule has 5 atom stereocenters. The van der Waals surface area contributed by atoms with Gasteiger partial charge in [0.25, 0.3) is 0 Å². The number of hydrogen-bond acceptors (Lipinski definition) is 7. The third kappa shape index (κ3) is 9.53. The lowest BCUT2D eigenvalue weighted by Crippen LogP contribution is -2.62. The van der Waals surface area contributed by atoms with Crippen molar-refractivity contribution in [2.45, 2.75) is 57.1 Å². The number of benzene rings is 5. The van der Waals surface area contributed by atoms with Crippen LogP contribution < -0.4 is 9.47 Å². The summed E-state index contributed by atoms with van der Waals surface area (Å²) in [6.45, 7) is 1.75. The molecule has 248 valence electrons. The monoisotopic (exact) mass is 646 g/mol. The molecule has 0 N–H and O–H groups in total. The molecule has 1 aliphatic rings. The van der Waals surface area contributed by atoms with Crippen LogP contribution in [0.1, 0.15) is 22.3 Å². The van der Waals surface area contributed by atoms with Crippen LogP contribution in [0.15, 0.2) is 146 Å². The van der Waals surface area contributed by atoms with Gasteiger partial charge >= 0.3 is 0 Å². The van der Waals surface area contributed by atoms with Gasteiger partial charge in [0, 0.05) is 0 Å². The van der Waals surface area contributed by atoms with Crippen molar-refractivity contribution in [1.82, 2.24) is 0 Å². The number of methoxy groups -OCH3 is 1. The topological polar surface area (TPSA) is 64.6 Å². The average Bonchev–Trinajstić information content (AvgIpc) is 3.15. The smallest absolute Gasteiger partial charge is 0.229 e. The van der Waals surface area contributed by atoms with Crippen LogP contribution in [0, 0.1) is 0 Å². The molecule has 48 heavy (non-hydrogen) atoms. The molecule has 1 heterocycles. The summed E-state index contributed by atoms with van der Waals surface area (Å²) in [4.78, 5) is 0. The van der Waals surface area contributed by atoms with Crippen LogP contribution in [0.25, 0.3) is 0 Å². The molecule has 0 aromatic heterocycles. The molecule has 1 fully saturated rings. The van der Waals surface area contributed by atoms with Crippen molar-refractivity contribution in [3.8, 4) is 11.5 Å². The van der Waals surface area contributed by atoms with Crippen LogP contribution in [0.3, 0.4) is 0 Å². The van der Waals surface area contributed by atoms with Crippen molar-refractivity contribution in [3.05, 3.63) is 168 Å². The Morgan fingerprint density at radius 3 is 1.35 bits per heavy atom. The first-order valence-corrected chi connectivity index (χ1v) is 16.3. The lowest BCUT2D eigenvalue weighted by Gasteiger charge is -2.45. The van der Waals surface area contributed by atoms with Crippen molar-refractivity contribution < 1.29 is 33.2 Å². The van der Waals surface area contributed by atoms with E-state index in [1.54, 1.807) is 7.11 Å². The largest absolute Gasteiger partial charge is 0.497 e. The van der Waals surface area contributed by atoms with Gasteiger partial charge in [-0.3, -0.25) is 0 Å². The predicted molar refractivity (Wildman–Crippen MR) is 183 cm³/mol. The first-order valence-electron chi connectivity index (χ1n) is 16.3. The molecule has 0 radical (unpaired) electrons. The second-order valence-corrected chi connectivity index (χ2v) is 11.6. The second-order valence-electron chi connectivity index (χ2n) is 11.6. The summed E-state index contributed by atoms with van der Waals surface area (Å²) >= 11 is 0. The molecule has 7 heteroatoms. The van der Waals surface area contributed by atoms with E-state index in [9.17, 15) is 0 Å². The second kappa shape index (κ2) is 17.6. The highest BCUT2D eigenvalue weighted by Gasteiger charge is 2.49. The van der Waals surface area contributed by atoms with Crippen LogP contribution >= 0.6 is 0 Å². The zero-order valence-electron chi connectivity index (χ0n) is 27.1. The molecule has 5 aromatic rings. The van der Waals surface area contributed by atoms with Crippen molar-refractivity contribution in [2.75, 3.05) is 13.7 Å². The first-order chi connectivity index (χ1) is 23.7. The highest BCUT2D eigenvalue weighted by atomic mass is 16.7. The van der Waals surface area contributed by atoms with Crippen LogP contribution in [-0.2, 0) is 50.1 Å². The minimum Gasteiger partial charge on any atom is -0.497 e. The summed E-state index contributed by atoms with van der Waals surface area (Å²) in [7, 11) is 1.64. The molecule has 1 aliphatic heterocycles. The van der Waals surface area contributed by atoms with Gasteiger partial charge in [0.1, 0.15) is 35.9 Å².